The van der Waals surface area contributed by atoms with Gasteiger partial charge in [0.2, 0.25) is 0 Å². The summed E-state index contributed by atoms with van der Waals surface area (Å²) in [6.07, 6.45) is 0. The van der Waals surface area contributed by atoms with Crippen molar-refractivity contribution in [3.8, 4) is 11.5 Å². The Morgan fingerprint density at radius 2 is 2.00 bits per heavy atom. The van der Waals surface area contributed by atoms with E-state index in [9.17, 15) is 0 Å². The van der Waals surface area contributed by atoms with Crippen LogP contribution in [-0.4, -0.2) is 45.7 Å². The first-order chi connectivity index (χ1) is 9.17. The van der Waals surface area contributed by atoms with Crippen molar-refractivity contribution < 1.29 is 19.3 Å². The molecular formula is C13H20ClNO4. The molecule has 2 N–H and O–H groups in total. The number of aliphatic hydroxyl groups excluding tert-OH is 1. The minimum absolute atomic E-state index is 0.00124. The second kappa shape index (κ2) is 8.22. The lowest BCUT2D eigenvalue weighted by molar-refractivity contribution is 0.128. The van der Waals surface area contributed by atoms with E-state index in [0.29, 0.717) is 29.7 Å². The van der Waals surface area contributed by atoms with Crippen LogP contribution in [0, 0.1) is 0 Å². The van der Waals surface area contributed by atoms with E-state index in [1.54, 1.807) is 27.4 Å². The predicted molar refractivity (Wildman–Crippen MR) is 74.1 cm³/mol. The molecule has 5 nitrogen and oxygen atoms in total. The zero-order valence-corrected chi connectivity index (χ0v) is 12.2. The normalized spacial score (nSPS) is 12.3. The molecule has 0 aliphatic rings. The molecule has 1 aromatic rings. The molecule has 0 saturated carbocycles. The molecule has 19 heavy (non-hydrogen) atoms. The number of nitrogens with one attached hydrogen (secondary N) is 1. The maximum Gasteiger partial charge on any atom is 0.179 e. The summed E-state index contributed by atoms with van der Waals surface area (Å²) in [5.41, 5.74) is 0.869. The number of halogens is 1. The zero-order chi connectivity index (χ0) is 14.3. The molecule has 0 heterocycles. The molecule has 1 aromatic carbocycles. The van der Waals surface area contributed by atoms with E-state index in [-0.39, 0.29) is 12.6 Å². The molecular weight excluding hydrogens is 270 g/mol. The smallest absolute Gasteiger partial charge is 0.179 e. The second-order valence-corrected chi connectivity index (χ2v) is 4.37. The largest absolute Gasteiger partial charge is 0.493 e. The fourth-order valence-corrected chi connectivity index (χ4v) is 2.00. The Hall–Kier alpha value is -1.01. The molecule has 1 atom stereocenters. The Balaban J connectivity index is 2.79. The molecule has 1 rings (SSSR count). The van der Waals surface area contributed by atoms with Gasteiger partial charge in [0.1, 0.15) is 0 Å². The SMILES string of the molecule is COCC(CO)NCc1ccc(OC)c(OC)c1Cl. The fourth-order valence-electron chi connectivity index (χ4n) is 1.70. The van der Waals surface area contributed by atoms with Crippen LogP contribution >= 0.6 is 11.6 Å². The van der Waals surface area contributed by atoms with Gasteiger partial charge in [0.05, 0.1) is 38.5 Å². The molecule has 0 aliphatic heterocycles. The van der Waals surface area contributed by atoms with Crippen LogP contribution in [0.3, 0.4) is 0 Å². The number of hydrogen-bond acceptors (Lipinski definition) is 5. The zero-order valence-electron chi connectivity index (χ0n) is 11.4. The molecule has 1 unspecified atom stereocenters. The van der Waals surface area contributed by atoms with Crippen LogP contribution in [0.25, 0.3) is 0 Å². The quantitative estimate of drug-likeness (QED) is 0.759. The highest BCUT2D eigenvalue weighted by molar-refractivity contribution is 6.33. The van der Waals surface area contributed by atoms with E-state index >= 15 is 0 Å². The molecule has 0 bridgehead atoms. The first-order valence-electron chi connectivity index (χ1n) is 5.90. The van der Waals surface area contributed by atoms with Crippen molar-refractivity contribution in [1.29, 1.82) is 0 Å². The lowest BCUT2D eigenvalue weighted by atomic mass is 10.2. The number of rotatable bonds is 8. The molecule has 108 valence electrons. The van der Waals surface area contributed by atoms with E-state index in [4.69, 9.17) is 30.9 Å². The van der Waals surface area contributed by atoms with Gasteiger partial charge in [-0.3, -0.25) is 0 Å². The van der Waals surface area contributed by atoms with Crippen LogP contribution in [0.4, 0.5) is 0 Å². The second-order valence-electron chi connectivity index (χ2n) is 3.99. The van der Waals surface area contributed by atoms with Crippen molar-refractivity contribution in [2.75, 3.05) is 34.5 Å². The molecule has 0 amide bonds. The maximum atomic E-state index is 9.17. The third-order valence-electron chi connectivity index (χ3n) is 2.73. The lowest BCUT2D eigenvalue weighted by Gasteiger charge is -2.17. The predicted octanol–water partition coefficient (Wildman–Crippen LogP) is 1.45. The van der Waals surface area contributed by atoms with E-state index in [1.165, 1.54) is 0 Å². The standard InChI is InChI=1S/C13H20ClNO4/c1-17-8-10(7-16)15-6-9-4-5-11(18-2)13(19-3)12(9)14/h4-5,10,15-16H,6-8H2,1-3H3. The Kier molecular flexibility index (Phi) is 6.94. The third-order valence-corrected chi connectivity index (χ3v) is 3.15. The molecule has 0 saturated heterocycles. The molecule has 0 aliphatic carbocycles. The van der Waals surface area contributed by atoms with E-state index < -0.39 is 0 Å². The number of methoxy groups -OCH3 is 3. The maximum absolute atomic E-state index is 9.17. The average molecular weight is 290 g/mol. The molecule has 0 aromatic heterocycles. The topological polar surface area (TPSA) is 60.0 Å². The van der Waals surface area contributed by atoms with Crippen molar-refractivity contribution in [1.82, 2.24) is 5.32 Å². The highest BCUT2D eigenvalue weighted by Gasteiger charge is 2.14. The lowest BCUT2D eigenvalue weighted by Crippen LogP contribution is -2.35. The first kappa shape index (κ1) is 16.0. The van der Waals surface area contributed by atoms with Crippen LogP contribution in [0.2, 0.25) is 5.02 Å². The van der Waals surface area contributed by atoms with Gasteiger partial charge in [-0.1, -0.05) is 17.7 Å². The minimum atomic E-state index is -0.130. The summed E-state index contributed by atoms with van der Waals surface area (Å²) in [5.74, 6) is 1.10. The van der Waals surface area contributed by atoms with Gasteiger partial charge in [-0.05, 0) is 11.6 Å². The van der Waals surface area contributed by atoms with Crippen molar-refractivity contribution in [2.45, 2.75) is 12.6 Å². The highest BCUT2D eigenvalue weighted by atomic mass is 35.5. The van der Waals surface area contributed by atoms with E-state index in [0.717, 1.165) is 5.56 Å². The van der Waals surface area contributed by atoms with E-state index in [2.05, 4.69) is 5.32 Å². The van der Waals surface area contributed by atoms with Gasteiger partial charge in [-0.15, -0.1) is 0 Å². The van der Waals surface area contributed by atoms with Gasteiger partial charge in [0, 0.05) is 13.7 Å². The van der Waals surface area contributed by atoms with Gasteiger partial charge in [0.25, 0.3) is 0 Å². The average Bonchev–Trinajstić information content (AvgIpc) is 2.44. The Labute approximate surface area is 118 Å². The van der Waals surface area contributed by atoms with Crippen molar-refractivity contribution >= 4 is 11.6 Å². The highest BCUT2D eigenvalue weighted by Crippen LogP contribution is 2.37. The summed E-state index contributed by atoms with van der Waals surface area (Å²) in [4.78, 5) is 0. The number of hydrogen-bond donors (Lipinski definition) is 2. The Morgan fingerprint density at radius 3 is 2.53 bits per heavy atom. The summed E-state index contributed by atoms with van der Waals surface area (Å²) < 4.78 is 15.4. The third kappa shape index (κ3) is 4.24. The summed E-state index contributed by atoms with van der Waals surface area (Å²) in [5, 5.41) is 12.8. The van der Waals surface area contributed by atoms with Crippen LogP contribution in [0.15, 0.2) is 12.1 Å². The van der Waals surface area contributed by atoms with Gasteiger partial charge in [-0.2, -0.15) is 0 Å². The number of ether oxygens (including phenoxy) is 3. The minimum Gasteiger partial charge on any atom is -0.493 e. The first-order valence-corrected chi connectivity index (χ1v) is 6.28. The van der Waals surface area contributed by atoms with Crippen LogP contribution in [-0.2, 0) is 11.3 Å². The van der Waals surface area contributed by atoms with Crippen LogP contribution in [0.1, 0.15) is 5.56 Å². The van der Waals surface area contributed by atoms with Crippen molar-refractivity contribution in [2.24, 2.45) is 0 Å². The van der Waals surface area contributed by atoms with Gasteiger partial charge >= 0.3 is 0 Å². The molecule has 0 fully saturated rings. The summed E-state index contributed by atoms with van der Waals surface area (Å²) in [6, 6.07) is 3.53. The fraction of sp³-hybridized carbons (Fsp3) is 0.538. The van der Waals surface area contributed by atoms with Crippen LogP contribution < -0.4 is 14.8 Å². The Morgan fingerprint density at radius 1 is 1.26 bits per heavy atom. The number of aliphatic hydroxyl groups is 1. The summed E-state index contributed by atoms with van der Waals surface area (Å²) >= 11 is 6.26. The van der Waals surface area contributed by atoms with E-state index in [1.807, 2.05) is 6.07 Å². The van der Waals surface area contributed by atoms with Crippen LogP contribution in [0.5, 0.6) is 11.5 Å². The summed E-state index contributed by atoms with van der Waals surface area (Å²) in [7, 11) is 4.70. The van der Waals surface area contributed by atoms with Gasteiger partial charge in [-0.25, -0.2) is 0 Å². The van der Waals surface area contributed by atoms with Crippen molar-refractivity contribution in [3.63, 3.8) is 0 Å². The molecule has 0 spiro atoms. The van der Waals surface area contributed by atoms with Gasteiger partial charge in [0.15, 0.2) is 11.5 Å². The Bertz CT molecular complexity index is 400. The van der Waals surface area contributed by atoms with Crippen molar-refractivity contribution in [3.05, 3.63) is 22.7 Å². The van der Waals surface area contributed by atoms with Gasteiger partial charge < -0.3 is 24.6 Å². The number of benzene rings is 1. The summed E-state index contributed by atoms with van der Waals surface area (Å²) in [6.45, 7) is 0.938. The monoisotopic (exact) mass is 289 g/mol. The molecule has 0 radical (unpaired) electrons. The molecule has 6 heteroatoms.